The van der Waals surface area contributed by atoms with Gasteiger partial charge in [-0.3, -0.25) is 0 Å². The average Bonchev–Trinajstić information content (AvgIpc) is 2.63. The number of benzene rings is 1. The molecule has 0 amide bonds. The molecule has 2 aromatic rings. The highest BCUT2D eigenvalue weighted by Crippen LogP contribution is 2.32. The van der Waals surface area contributed by atoms with E-state index in [9.17, 15) is 18.0 Å². The van der Waals surface area contributed by atoms with Gasteiger partial charge >= 0.3 is 5.97 Å². The number of nitrogens with zero attached hydrogens (tertiary/aromatic N) is 1. The Bertz CT molecular complexity index is 797. The predicted octanol–water partition coefficient (Wildman–Crippen LogP) is 4.66. The normalized spacial score (nSPS) is 14.9. The molecule has 1 saturated carbocycles. The van der Waals surface area contributed by atoms with Crippen LogP contribution < -0.4 is 4.74 Å². The number of hydrogen-bond donors (Lipinski definition) is 0. The van der Waals surface area contributed by atoms with Gasteiger partial charge < -0.3 is 9.47 Å². The fourth-order valence-electron chi connectivity index (χ4n) is 3.06. The number of carbonyl (C=O) groups excluding carboxylic acids is 1. The lowest BCUT2D eigenvalue weighted by molar-refractivity contribution is 0.0594. The van der Waals surface area contributed by atoms with Crippen LogP contribution >= 0.6 is 0 Å². The van der Waals surface area contributed by atoms with E-state index in [1.807, 2.05) is 0 Å². The molecule has 1 aliphatic carbocycles. The fraction of sp³-hybridized carbons (Fsp3) is 0.368. The van der Waals surface area contributed by atoms with Crippen LogP contribution in [0.1, 0.15) is 42.6 Å². The number of ether oxygens (including phenoxy) is 2. The van der Waals surface area contributed by atoms with Crippen molar-refractivity contribution in [2.24, 2.45) is 0 Å². The quantitative estimate of drug-likeness (QED) is 0.739. The van der Waals surface area contributed by atoms with Gasteiger partial charge in [-0.05, 0) is 37.8 Å². The van der Waals surface area contributed by atoms with Crippen molar-refractivity contribution in [3.8, 4) is 17.0 Å². The zero-order valence-corrected chi connectivity index (χ0v) is 14.2. The molecule has 0 radical (unpaired) electrons. The van der Waals surface area contributed by atoms with Gasteiger partial charge in [0.2, 0.25) is 0 Å². The Kier molecular flexibility index (Phi) is 5.44. The number of methoxy groups -OCH3 is 1. The fourth-order valence-corrected chi connectivity index (χ4v) is 3.06. The summed E-state index contributed by atoms with van der Waals surface area (Å²) in [5.41, 5.74) is -1.48. The van der Waals surface area contributed by atoms with E-state index < -0.39 is 34.7 Å². The molecule has 3 rings (SSSR count). The third kappa shape index (κ3) is 3.81. The van der Waals surface area contributed by atoms with Crippen molar-refractivity contribution < 1.29 is 27.4 Å². The highest BCUT2D eigenvalue weighted by molar-refractivity contribution is 5.87. The second kappa shape index (κ2) is 7.76. The summed E-state index contributed by atoms with van der Waals surface area (Å²) in [6.07, 6.45) is 4.76. The van der Waals surface area contributed by atoms with Crippen molar-refractivity contribution in [3.63, 3.8) is 0 Å². The molecule has 0 spiro atoms. The van der Waals surface area contributed by atoms with E-state index in [0.29, 0.717) is 0 Å². The van der Waals surface area contributed by atoms with Crippen LogP contribution in [0.4, 0.5) is 13.2 Å². The number of hydrogen-bond acceptors (Lipinski definition) is 4. The first kappa shape index (κ1) is 18.2. The molecule has 0 N–H and O–H groups in total. The molecule has 1 aromatic heterocycles. The Morgan fingerprint density at radius 3 is 2.31 bits per heavy atom. The minimum absolute atomic E-state index is 0.0557. The van der Waals surface area contributed by atoms with E-state index in [2.05, 4.69) is 9.72 Å². The molecule has 0 bridgehead atoms. The maximum atomic E-state index is 14.5. The van der Waals surface area contributed by atoms with Crippen LogP contribution in [-0.2, 0) is 4.74 Å². The molecular weight excluding hydrogens is 347 g/mol. The molecule has 0 saturated heterocycles. The van der Waals surface area contributed by atoms with Crippen LogP contribution in [0.5, 0.6) is 5.75 Å². The molecule has 1 heterocycles. The van der Waals surface area contributed by atoms with Crippen LogP contribution in [0, 0.1) is 17.5 Å². The number of rotatable bonds is 4. The second-order valence-corrected chi connectivity index (χ2v) is 6.16. The van der Waals surface area contributed by atoms with E-state index in [0.717, 1.165) is 63.5 Å². The smallest absolute Gasteiger partial charge is 0.356 e. The van der Waals surface area contributed by atoms with Crippen LogP contribution in [0.2, 0.25) is 0 Å². The van der Waals surface area contributed by atoms with Crippen molar-refractivity contribution in [2.45, 2.75) is 38.2 Å². The van der Waals surface area contributed by atoms with E-state index >= 15 is 0 Å². The average molecular weight is 365 g/mol. The van der Waals surface area contributed by atoms with Gasteiger partial charge in [0.25, 0.3) is 0 Å². The largest absolute Gasteiger partial charge is 0.490 e. The third-order valence-corrected chi connectivity index (χ3v) is 4.35. The summed E-state index contributed by atoms with van der Waals surface area (Å²) in [6, 6.07) is 4.03. The van der Waals surface area contributed by atoms with Gasteiger partial charge in [0.15, 0.2) is 0 Å². The first-order valence-corrected chi connectivity index (χ1v) is 8.40. The van der Waals surface area contributed by atoms with Gasteiger partial charge in [-0.1, -0.05) is 6.42 Å². The third-order valence-electron chi connectivity index (χ3n) is 4.35. The Morgan fingerprint density at radius 1 is 1.04 bits per heavy atom. The Labute approximate surface area is 149 Å². The van der Waals surface area contributed by atoms with E-state index in [1.54, 1.807) is 0 Å². The first-order valence-electron chi connectivity index (χ1n) is 8.40. The summed E-state index contributed by atoms with van der Waals surface area (Å²) in [5, 5.41) is 0. The molecule has 1 fully saturated rings. The van der Waals surface area contributed by atoms with Crippen molar-refractivity contribution >= 4 is 5.97 Å². The maximum Gasteiger partial charge on any atom is 0.356 e. The van der Waals surface area contributed by atoms with E-state index in [4.69, 9.17) is 4.74 Å². The van der Waals surface area contributed by atoms with Crippen molar-refractivity contribution in [3.05, 3.63) is 47.4 Å². The van der Waals surface area contributed by atoms with Crippen LogP contribution in [0.25, 0.3) is 11.3 Å². The van der Waals surface area contributed by atoms with Crippen molar-refractivity contribution in [1.29, 1.82) is 0 Å². The van der Waals surface area contributed by atoms with Gasteiger partial charge in [-0.15, -0.1) is 0 Å². The highest BCUT2D eigenvalue weighted by atomic mass is 19.1. The zero-order valence-electron chi connectivity index (χ0n) is 14.2. The van der Waals surface area contributed by atoms with Crippen molar-refractivity contribution in [1.82, 2.24) is 4.98 Å². The molecule has 0 unspecified atom stereocenters. The van der Waals surface area contributed by atoms with Crippen LogP contribution in [0.3, 0.4) is 0 Å². The highest BCUT2D eigenvalue weighted by Gasteiger charge is 2.22. The maximum absolute atomic E-state index is 14.5. The number of esters is 1. The standard InChI is InChI=1S/C19H18F3NO3/c1-25-19(24)16-8-7-13(20)18(23-16)17-14(21)9-12(10-15(17)22)26-11-5-3-2-4-6-11/h7-11H,2-6H2,1H3. The van der Waals surface area contributed by atoms with E-state index in [-0.39, 0.29) is 17.5 Å². The van der Waals surface area contributed by atoms with Gasteiger partial charge in [0, 0.05) is 12.1 Å². The molecule has 26 heavy (non-hydrogen) atoms. The molecule has 7 heteroatoms. The Hall–Kier alpha value is -2.57. The summed E-state index contributed by atoms with van der Waals surface area (Å²) in [4.78, 5) is 15.2. The van der Waals surface area contributed by atoms with Gasteiger partial charge in [-0.25, -0.2) is 22.9 Å². The molecule has 4 nitrogen and oxygen atoms in total. The van der Waals surface area contributed by atoms with Crippen molar-refractivity contribution in [2.75, 3.05) is 7.11 Å². The summed E-state index contributed by atoms with van der Waals surface area (Å²) in [6.45, 7) is 0. The minimum Gasteiger partial charge on any atom is -0.490 e. The molecule has 138 valence electrons. The number of aromatic nitrogens is 1. The first-order chi connectivity index (χ1) is 12.5. The molecular formula is C19H18F3NO3. The Morgan fingerprint density at radius 2 is 1.69 bits per heavy atom. The Balaban J connectivity index is 1.94. The minimum atomic E-state index is -1.01. The van der Waals surface area contributed by atoms with Crippen LogP contribution in [-0.4, -0.2) is 24.2 Å². The SMILES string of the molecule is COC(=O)c1ccc(F)c(-c2c(F)cc(OC3CCCCC3)cc2F)n1. The zero-order chi connectivity index (χ0) is 18.7. The lowest BCUT2D eigenvalue weighted by atomic mass is 9.98. The molecule has 0 atom stereocenters. The number of pyridine rings is 1. The summed E-state index contributed by atoms with van der Waals surface area (Å²) >= 11 is 0. The number of halogens is 3. The lowest BCUT2D eigenvalue weighted by Crippen LogP contribution is -2.19. The summed E-state index contributed by atoms with van der Waals surface area (Å²) < 4.78 is 53.2. The lowest BCUT2D eigenvalue weighted by Gasteiger charge is -2.23. The second-order valence-electron chi connectivity index (χ2n) is 6.16. The van der Waals surface area contributed by atoms with Gasteiger partial charge in [0.05, 0.1) is 18.8 Å². The topological polar surface area (TPSA) is 48.4 Å². The van der Waals surface area contributed by atoms with Gasteiger partial charge in [-0.2, -0.15) is 0 Å². The predicted molar refractivity (Wildman–Crippen MR) is 88.4 cm³/mol. The molecule has 0 aliphatic heterocycles. The number of carbonyl (C=O) groups is 1. The van der Waals surface area contributed by atoms with Crippen LogP contribution in [0.15, 0.2) is 24.3 Å². The summed E-state index contributed by atoms with van der Waals surface area (Å²) in [5.74, 6) is -3.74. The molecule has 1 aromatic carbocycles. The van der Waals surface area contributed by atoms with E-state index in [1.165, 1.54) is 0 Å². The molecule has 1 aliphatic rings. The monoisotopic (exact) mass is 365 g/mol. The summed E-state index contributed by atoms with van der Waals surface area (Å²) in [7, 11) is 1.13. The van der Waals surface area contributed by atoms with Gasteiger partial charge in [0.1, 0.15) is 34.6 Å².